The van der Waals surface area contributed by atoms with E-state index in [9.17, 15) is 9.59 Å². The molecule has 0 aliphatic rings. The number of aryl methyl sites for hydroxylation is 1. The fraction of sp³-hybridized carbons (Fsp3) is 0.312. The van der Waals surface area contributed by atoms with Gasteiger partial charge in [-0.15, -0.1) is 0 Å². The minimum Gasteiger partial charge on any atom is -0.452 e. The van der Waals surface area contributed by atoms with Crippen molar-refractivity contribution in [2.75, 3.05) is 6.61 Å². The van der Waals surface area contributed by atoms with E-state index in [0.29, 0.717) is 21.3 Å². The number of hydrogen-bond donors (Lipinski definition) is 1. The highest BCUT2D eigenvalue weighted by atomic mass is 35.5. The van der Waals surface area contributed by atoms with E-state index in [0.717, 1.165) is 5.56 Å². The van der Waals surface area contributed by atoms with Gasteiger partial charge in [0.15, 0.2) is 6.61 Å². The zero-order valence-corrected chi connectivity index (χ0v) is 15.0. The van der Waals surface area contributed by atoms with Crippen LogP contribution in [0.1, 0.15) is 34.6 Å². The van der Waals surface area contributed by atoms with E-state index >= 15 is 0 Å². The van der Waals surface area contributed by atoms with Crippen LogP contribution in [0.5, 0.6) is 0 Å². The molecule has 8 heteroatoms. The molecule has 0 aliphatic carbocycles. The largest absolute Gasteiger partial charge is 0.452 e. The van der Waals surface area contributed by atoms with Crippen LogP contribution in [0, 0.1) is 6.92 Å². The second-order valence-corrected chi connectivity index (χ2v) is 6.12. The number of rotatable bonds is 5. The van der Waals surface area contributed by atoms with Crippen molar-refractivity contribution in [3.8, 4) is 0 Å². The van der Waals surface area contributed by atoms with Crippen LogP contribution in [0.3, 0.4) is 0 Å². The van der Waals surface area contributed by atoms with E-state index in [1.54, 1.807) is 43.8 Å². The fourth-order valence-electron chi connectivity index (χ4n) is 2.06. The molecule has 0 radical (unpaired) electrons. The van der Waals surface area contributed by atoms with Crippen LogP contribution in [0.15, 0.2) is 24.4 Å². The topological polar surface area (TPSA) is 73.2 Å². The van der Waals surface area contributed by atoms with Crippen molar-refractivity contribution in [2.24, 2.45) is 7.05 Å². The SMILES string of the molecule is Cc1c(C(=O)OCC(=O)N[C@@H](C)c2ccc(Cl)c(Cl)c2)cnn1C. The second-order valence-electron chi connectivity index (χ2n) is 5.31. The van der Waals surface area contributed by atoms with Crippen molar-refractivity contribution < 1.29 is 14.3 Å². The van der Waals surface area contributed by atoms with E-state index < -0.39 is 11.9 Å². The maximum Gasteiger partial charge on any atom is 0.342 e. The van der Waals surface area contributed by atoms with Gasteiger partial charge in [-0.2, -0.15) is 5.10 Å². The third-order valence-corrected chi connectivity index (χ3v) is 4.35. The molecular formula is C16H17Cl2N3O3. The van der Waals surface area contributed by atoms with Crippen LogP contribution in [-0.4, -0.2) is 28.3 Å². The summed E-state index contributed by atoms with van der Waals surface area (Å²) in [7, 11) is 1.72. The van der Waals surface area contributed by atoms with Crippen LogP contribution >= 0.6 is 23.2 Å². The summed E-state index contributed by atoms with van der Waals surface area (Å²) in [6.07, 6.45) is 1.41. The zero-order valence-electron chi connectivity index (χ0n) is 13.5. The molecule has 0 bridgehead atoms. The predicted octanol–water partition coefficient (Wildman–Crippen LogP) is 3.07. The van der Waals surface area contributed by atoms with Gasteiger partial charge in [0.2, 0.25) is 0 Å². The van der Waals surface area contributed by atoms with E-state index in [1.807, 2.05) is 0 Å². The van der Waals surface area contributed by atoms with Crippen molar-refractivity contribution >= 4 is 35.1 Å². The average molecular weight is 370 g/mol. The minimum absolute atomic E-state index is 0.300. The Morgan fingerprint density at radius 3 is 2.62 bits per heavy atom. The Morgan fingerprint density at radius 2 is 2.04 bits per heavy atom. The third kappa shape index (κ3) is 4.27. The van der Waals surface area contributed by atoms with Gasteiger partial charge >= 0.3 is 5.97 Å². The normalized spacial score (nSPS) is 11.9. The molecule has 0 aliphatic heterocycles. The third-order valence-electron chi connectivity index (χ3n) is 3.61. The van der Waals surface area contributed by atoms with E-state index in [4.69, 9.17) is 27.9 Å². The molecule has 1 aromatic heterocycles. The summed E-state index contributed by atoms with van der Waals surface area (Å²) >= 11 is 11.8. The summed E-state index contributed by atoms with van der Waals surface area (Å²) in [4.78, 5) is 23.9. The van der Waals surface area contributed by atoms with Gasteiger partial charge in [0, 0.05) is 12.7 Å². The molecule has 1 aromatic carbocycles. The van der Waals surface area contributed by atoms with E-state index in [1.165, 1.54) is 6.20 Å². The molecule has 1 atom stereocenters. The van der Waals surface area contributed by atoms with Gasteiger partial charge in [0.05, 0.1) is 22.3 Å². The van der Waals surface area contributed by atoms with Crippen molar-refractivity contribution in [1.29, 1.82) is 0 Å². The lowest BCUT2D eigenvalue weighted by molar-refractivity contribution is -0.124. The highest BCUT2D eigenvalue weighted by Gasteiger charge is 2.17. The highest BCUT2D eigenvalue weighted by Crippen LogP contribution is 2.25. The van der Waals surface area contributed by atoms with Gasteiger partial charge < -0.3 is 10.1 Å². The summed E-state index contributed by atoms with van der Waals surface area (Å²) in [5, 5.41) is 7.55. The minimum atomic E-state index is -0.585. The molecule has 2 aromatic rings. The van der Waals surface area contributed by atoms with Crippen molar-refractivity contribution in [3.63, 3.8) is 0 Å². The molecule has 0 saturated carbocycles. The number of nitrogens with one attached hydrogen (secondary N) is 1. The number of nitrogens with zero attached hydrogens (tertiary/aromatic N) is 2. The quantitative estimate of drug-likeness (QED) is 0.821. The smallest absolute Gasteiger partial charge is 0.342 e. The van der Waals surface area contributed by atoms with Crippen molar-refractivity contribution in [2.45, 2.75) is 19.9 Å². The van der Waals surface area contributed by atoms with Crippen LogP contribution in [-0.2, 0) is 16.6 Å². The Kier molecular flexibility index (Phi) is 5.85. The molecule has 2 rings (SSSR count). The molecule has 24 heavy (non-hydrogen) atoms. The van der Waals surface area contributed by atoms with Gasteiger partial charge in [-0.1, -0.05) is 29.3 Å². The first-order valence-corrected chi connectivity index (χ1v) is 7.95. The van der Waals surface area contributed by atoms with Gasteiger partial charge in [-0.25, -0.2) is 4.79 Å². The molecule has 0 fully saturated rings. The Bertz CT molecular complexity index is 774. The number of aromatic nitrogens is 2. The Morgan fingerprint density at radius 1 is 1.33 bits per heavy atom. The van der Waals surface area contributed by atoms with Crippen molar-refractivity contribution in [1.82, 2.24) is 15.1 Å². The summed E-state index contributed by atoms with van der Waals surface area (Å²) in [5.74, 6) is -0.999. The first-order chi connectivity index (χ1) is 11.3. The first-order valence-electron chi connectivity index (χ1n) is 7.19. The predicted molar refractivity (Wildman–Crippen MR) is 91.2 cm³/mol. The van der Waals surface area contributed by atoms with Crippen LogP contribution in [0.2, 0.25) is 10.0 Å². The average Bonchev–Trinajstić information content (AvgIpc) is 2.87. The van der Waals surface area contributed by atoms with Gasteiger partial charge in [0.1, 0.15) is 5.56 Å². The number of halogens is 2. The molecular weight excluding hydrogens is 353 g/mol. The van der Waals surface area contributed by atoms with E-state index in [2.05, 4.69) is 10.4 Å². The maximum absolute atomic E-state index is 11.9. The van der Waals surface area contributed by atoms with E-state index in [-0.39, 0.29) is 12.6 Å². The molecule has 0 saturated heterocycles. The van der Waals surface area contributed by atoms with Crippen LogP contribution in [0.25, 0.3) is 0 Å². The maximum atomic E-state index is 11.9. The van der Waals surface area contributed by atoms with Crippen molar-refractivity contribution in [3.05, 3.63) is 51.3 Å². The molecule has 1 N–H and O–H groups in total. The van der Waals surface area contributed by atoms with Gasteiger partial charge in [-0.3, -0.25) is 9.48 Å². The first kappa shape index (κ1) is 18.3. The number of benzene rings is 1. The number of carbonyl (C=O) groups is 2. The number of hydrogen-bond acceptors (Lipinski definition) is 4. The summed E-state index contributed by atoms with van der Waals surface area (Å²) in [6.45, 7) is 3.17. The lowest BCUT2D eigenvalue weighted by Crippen LogP contribution is -2.31. The number of esters is 1. The highest BCUT2D eigenvalue weighted by molar-refractivity contribution is 6.42. The Hall–Kier alpha value is -2.05. The van der Waals surface area contributed by atoms with Crippen LogP contribution in [0.4, 0.5) is 0 Å². The zero-order chi connectivity index (χ0) is 17.9. The summed E-state index contributed by atoms with van der Waals surface area (Å²) in [6, 6.07) is 4.81. The second kappa shape index (κ2) is 7.68. The number of amides is 1. The van der Waals surface area contributed by atoms with Crippen LogP contribution < -0.4 is 5.32 Å². The lowest BCUT2D eigenvalue weighted by Gasteiger charge is -2.15. The molecule has 6 nitrogen and oxygen atoms in total. The molecule has 0 spiro atoms. The standard InChI is InChI=1S/C16H17Cl2N3O3/c1-9(11-4-5-13(17)14(18)6-11)20-15(22)8-24-16(23)12-7-19-21(3)10(12)2/h4-7,9H,8H2,1-3H3,(H,20,22)/t9-/m0/s1. The van der Waals surface area contributed by atoms with Gasteiger partial charge in [0.25, 0.3) is 5.91 Å². The number of ether oxygens (including phenoxy) is 1. The fourth-order valence-corrected chi connectivity index (χ4v) is 2.36. The Labute approximate surface area is 149 Å². The monoisotopic (exact) mass is 369 g/mol. The Balaban J connectivity index is 1.89. The van der Waals surface area contributed by atoms with Gasteiger partial charge in [-0.05, 0) is 31.5 Å². The molecule has 1 heterocycles. The summed E-state index contributed by atoms with van der Waals surface area (Å²) in [5.41, 5.74) is 1.81. The molecule has 1 amide bonds. The molecule has 0 unspecified atom stereocenters. The lowest BCUT2D eigenvalue weighted by atomic mass is 10.1. The number of carbonyl (C=O) groups excluding carboxylic acids is 2. The molecule has 128 valence electrons. The summed E-state index contributed by atoms with van der Waals surface area (Å²) < 4.78 is 6.57.